The van der Waals surface area contributed by atoms with Crippen LogP contribution in [0.1, 0.15) is 0 Å². The molecular formula is C11H18O10. The largest absolute Gasteiger partial charge is 0.508 e. The Morgan fingerprint density at radius 3 is 1.90 bits per heavy atom. The predicted molar refractivity (Wildman–Crippen MR) is 64.5 cm³/mol. The van der Waals surface area contributed by atoms with Gasteiger partial charge in [-0.3, -0.25) is 0 Å². The van der Waals surface area contributed by atoms with E-state index in [2.05, 4.69) is 28.4 Å². The van der Waals surface area contributed by atoms with Gasteiger partial charge in [-0.15, -0.1) is 0 Å². The zero-order chi connectivity index (χ0) is 15.9. The number of ether oxygens (including phenoxy) is 6. The van der Waals surface area contributed by atoms with E-state index in [1.165, 1.54) is 7.11 Å². The number of carbonyl (C=O) groups is 3. The standard InChI is InChI=1S/C11H18O10/c1-16-4-5-19-11(15)21-8-9(13)17-6-7-20-10(14)18-3-2-12/h12H,2-8H2,1H3. The summed E-state index contributed by atoms with van der Waals surface area (Å²) in [4.78, 5) is 32.8. The number of methoxy groups -OCH3 is 1. The second-order valence-corrected chi connectivity index (χ2v) is 3.27. The van der Waals surface area contributed by atoms with Gasteiger partial charge in [0.2, 0.25) is 0 Å². The van der Waals surface area contributed by atoms with Crippen LogP contribution in [0, 0.1) is 0 Å². The third-order valence-electron chi connectivity index (χ3n) is 1.69. The van der Waals surface area contributed by atoms with E-state index in [-0.39, 0.29) is 39.6 Å². The summed E-state index contributed by atoms with van der Waals surface area (Å²) >= 11 is 0. The van der Waals surface area contributed by atoms with Crippen molar-refractivity contribution in [1.82, 2.24) is 0 Å². The number of aliphatic hydroxyl groups excluding tert-OH is 1. The lowest BCUT2D eigenvalue weighted by molar-refractivity contribution is -0.149. The number of esters is 1. The fourth-order valence-corrected chi connectivity index (χ4v) is 0.861. The van der Waals surface area contributed by atoms with Crippen LogP contribution in [0.25, 0.3) is 0 Å². The predicted octanol–water partition coefficient (Wildman–Crippen LogP) is -0.525. The van der Waals surface area contributed by atoms with Gasteiger partial charge in [0.1, 0.15) is 26.4 Å². The van der Waals surface area contributed by atoms with E-state index in [0.717, 1.165) is 0 Å². The van der Waals surface area contributed by atoms with Gasteiger partial charge in [-0.2, -0.15) is 0 Å². The molecule has 0 heterocycles. The van der Waals surface area contributed by atoms with Crippen molar-refractivity contribution in [3.63, 3.8) is 0 Å². The maximum Gasteiger partial charge on any atom is 0.508 e. The smallest absolute Gasteiger partial charge is 0.460 e. The molecule has 0 saturated heterocycles. The fraction of sp³-hybridized carbons (Fsp3) is 0.727. The Labute approximate surface area is 120 Å². The first-order valence-electron chi connectivity index (χ1n) is 5.94. The molecule has 1 N–H and O–H groups in total. The molecule has 0 bridgehead atoms. The second-order valence-electron chi connectivity index (χ2n) is 3.27. The van der Waals surface area contributed by atoms with E-state index in [4.69, 9.17) is 5.11 Å². The van der Waals surface area contributed by atoms with E-state index < -0.39 is 24.9 Å². The topological polar surface area (TPSA) is 127 Å². The number of hydrogen-bond donors (Lipinski definition) is 1. The molecule has 10 nitrogen and oxygen atoms in total. The maximum absolute atomic E-state index is 11.1. The minimum atomic E-state index is -1.02. The zero-order valence-corrected chi connectivity index (χ0v) is 11.6. The zero-order valence-electron chi connectivity index (χ0n) is 11.6. The fourth-order valence-electron chi connectivity index (χ4n) is 0.861. The molecule has 0 aromatic heterocycles. The Hall–Kier alpha value is -2.07. The molecular weight excluding hydrogens is 292 g/mol. The summed E-state index contributed by atoms with van der Waals surface area (Å²) in [5, 5.41) is 8.37. The Morgan fingerprint density at radius 2 is 1.29 bits per heavy atom. The molecule has 0 aromatic carbocycles. The number of hydrogen-bond acceptors (Lipinski definition) is 10. The van der Waals surface area contributed by atoms with Crippen molar-refractivity contribution < 1.29 is 47.9 Å². The molecule has 0 rings (SSSR count). The van der Waals surface area contributed by atoms with Gasteiger partial charge in [0.25, 0.3) is 0 Å². The molecule has 21 heavy (non-hydrogen) atoms. The quantitative estimate of drug-likeness (QED) is 0.319. The summed E-state index contributed by atoms with van der Waals surface area (Å²) in [6.07, 6.45) is -2.01. The first kappa shape index (κ1) is 18.9. The normalized spacial score (nSPS) is 9.62. The highest BCUT2D eigenvalue weighted by atomic mass is 16.7. The molecule has 0 atom stereocenters. The number of rotatable bonds is 10. The average Bonchev–Trinajstić information content (AvgIpc) is 2.47. The Kier molecular flexibility index (Phi) is 11.7. The third kappa shape index (κ3) is 12.7. The summed E-state index contributed by atoms with van der Waals surface area (Å²) in [5.74, 6) is -0.828. The second kappa shape index (κ2) is 12.9. The van der Waals surface area contributed by atoms with Crippen molar-refractivity contribution in [1.29, 1.82) is 0 Å². The Bertz CT molecular complexity index is 316. The molecule has 122 valence electrons. The molecule has 0 aliphatic heterocycles. The molecule has 10 heteroatoms. The molecule has 0 spiro atoms. The third-order valence-corrected chi connectivity index (χ3v) is 1.69. The van der Waals surface area contributed by atoms with Gasteiger partial charge in [-0.25, -0.2) is 14.4 Å². The van der Waals surface area contributed by atoms with E-state index in [9.17, 15) is 14.4 Å². The molecule has 0 unspecified atom stereocenters. The Morgan fingerprint density at radius 1 is 0.762 bits per heavy atom. The first-order valence-corrected chi connectivity index (χ1v) is 5.94. The van der Waals surface area contributed by atoms with Crippen molar-refractivity contribution >= 4 is 18.3 Å². The maximum atomic E-state index is 11.1. The van der Waals surface area contributed by atoms with E-state index in [1.54, 1.807) is 0 Å². The van der Waals surface area contributed by atoms with Gasteiger partial charge in [-0.1, -0.05) is 0 Å². The molecule has 0 radical (unpaired) electrons. The van der Waals surface area contributed by atoms with Crippen molar-refractivity contribution in [2.45, 2.75) is 0 Å². The van der Waals surface area contributed by atoms with Gasteiger partial charge >= 0.3 is 18.3 Å². The van der Waals surface area contributed by atoms with Crippen LogP contribution >= 0.6 is 0 Å². The van der Waals surface area contributed by atoms with Gasteiger partial charge in [0.05, 0.1) is 13.2 Å². The van der Waals surface area contributed by atoms with Gasteiger partial charge < -0.3 is 33.5 Å². The van der Waals surface area contributed by atoms with Crippen molar-refractivity contribution in [2.75, 3.05) is 53.4 Å². The van der Waals surface area contributed by atoms with E-state index >= 15 is 0 Å². The Balaban J connectivity index is 3.49. The molecule has 0 aliphatic rings. The van der Waals surface area contributed by atoms with Crippen LogP contribution in [0.4, 0.5) is 9.59 Å². The van der Waals surface area contributed by atoms with Crippen LogP contribution in [0.15, 0.2) is 0 Å². The van der Waals surface area contributed by atoms with Crippen LogP contribution in [0.3, 0.4) is 0 Å². The van der Waals surface area contributed by atoms with Crippen LogP contribution in [-0.4, -0.2) is 76.7 Å². The van der Waals surface area contributed by atoms with Gasteiger partial charge in [0, 0.05) is 7.11 Å². The average molecular weight is 310 g/mol. The van der Waals surface area contributed by atoms with Crippen LogP contribution in [-0.2, 0) is 33.2 Å². The van der Waals surface area contributed by atoms with Gasteiger partial charge in [0.15, 0.2) is 6.61 Å². The summed E-state index contributed by atoms with van der Waals surface area (Å²) in [6.45, 7) is -1.36. The summed E-state index contributed by atoms with van der Waals surface area (Å²) in [7, 11) is 1.44. The number of aliphatic hydroxyl groups is 1. The highest BCUT2D eigenvalue weighted by molar-refractivity contribution is 5.73. The van der Waals surface area contributed by atoms with Crippen LogP contribution < -0.4 is 0 Å². The van der Waals surface area contributed by atoms with Gasteiger partial charge in [-0.05, 0) is 0 Å². The summed E-state index contributed by atoms with van der Waals surface area (Å²) < 4.78 is 27.1. The molecule has 0 amide bonds. The molecule has 0 aliphatic carbocycles. The minimum Gasteiger partial charge on any atom is -0.460 e. The van der Waals surface area contributed by atoms with E-state index in [0.29, 0.717) is 0 Å². The number of carbonyl (C=O) groups excluding carboxylic acids is 3. The van der Waals surface area contributed by atoms with Crippen molar-refractivity contribution in [3.8, 4) is 0 Å². The lowest BCUT2D eigenvalue weighted by Gasteiger charge is -2.07. The first-order chi connectivity index (χ1) is 10.1. The van der Waals surface area contributed by atoms with Crippen molar-refractivity contribution in [3.05, 3.63) is 0 Å². The summed E-state index contributed by atoms with van der Waals surface area (Å²) in [6, 6.07) is 0. The minimum absolute atomic E-state index is 0.00811. The van der Waals surface area contributed by atoms with Crippen LogP contribution in [0.5, 0.6) is 0 Å². The summed E-state index contributed by atoms with van der Waals surface area (Å²) in [5.41, 5.74) is 0. The highest BCUT2D eigenvalue weighted by Gasteiger charge is 2.10. The van der Waals surface area contributed by atoms with Crippen LogP contribution in [0.2, 0.25) is 0 Å². The molecule has 0 fully saturated rings. The SMILES string of the molecule is COCCOC(=O)OCC(=O)OCCOC(=O)OCCO. The molecule has 0 saturated carbocycles. The highest BCUT2D eigenvalue weighted by Crippen LogP contribution is 1.90. The molecule has 0 aromatic rings. The van der Waals surface area contributed by atoms with E-state index in [1.807, 2.05) is 0 Å². The van der Waals surface area contributed by atoms with Crippen molar-refractivity contribution in [2.24, 2.45) is 0 Å². The monoisotopic (exact) mass is 310 g/mol. The lowest BCUT2D eigenvalue weighted by atomic mass is 10.7. The lowest BCUT2D eigenvalue weighted by Crippen LogP contribution is -2.21.